The molecule has 0 radical (unpaired) electrons. The Kier molecular flexibility index (Phi) is 5.71. The first-order valence-corrected chi connectivity index (χ1v) is 8.90. The second-order valence-electron chi connectivity index (χ2n) is 5.76. The topological polar surface area (TPSA) is 58.6 Å². The Labute approximate surface area is 164 Å². The summed E-state index contributed by atoms with van der Waals surface area (Å²) < 4.78 is 20.0. The average Bonchev–Trinajstić information content (AvgIpc) is 2.90. The fourth-order valence-corrected chi connectivity index (χ4v) is 3.06. The molecule has 0 aliphatic carbocycles. The summed E-state index contributed by atoms with van der Waals surface area (Å²) in [6.07, 6.45) is 3.20. The van der Waals surface area contributed by atoms with Crippen LogP contribution in [0.4, 0.5) is 9.18 Å². The first-order chi connectivity index (χ1) is 13.0. The van der Waals surface area contributed by atoms with Gasteiger partial charge in [0, 0.05) is 5.56 Å². The number of benzene rings is 2. The van der Waals surface area contributed by atoms with Gasteiger partial charge in [-0.1, -0.05) is 36.9 Å². The van der Waals surface area contributed by atoms with Crippen LogP contribution in [0.1, 0.15) is 11.1 Å². The number of halogens is 2. The Bertz CT molecular complexity index is 943. The molecule has 1 N–H and O–H groups in total. The van der Waals surface area contributed by atoms with Crippen molar-refractivity contribution in [2.75, 3.05) is 6.61 Å². The minimum atomic E-state index is -0.584. The van der Waals surface area contributed by atoms with Crippen LogP contribution in [0.2, 0.25) is 0 Å². The molecule has 7 heteroatoms. The number of amides is 3. The van der Waals surface area contributed by atoms with Gasteiger partial charge in [-0.15, -0.1) is 0 Å². The predicted octanol–water partition coefficient (Wildman–Crippen LogP) is 4.25. The fraction of sp³-hybridized carbons (Fsp3) is 0.100. The molecule has 1 fully saturated rings. The van der Waals surface area contributed by atoms with Gasteiger partial charge in [-0.3, -0.25) is 9.69 Å². The SMILES string of the molecule is C=CCOc1ccc(/C=C2/NC(=O)N(Cc3ccccc3F)C2=O)cc1Br. The highest BCUT2D eigenvalue weighted by atomic mass is 79.9. The van der Waals surface area contributed by atoms with Crippen LogP contribution < -0.4 is 10.1 Å². The van der Waals surface area contributed by atoms with Crippen LogP contribution in [-0.2, 0) is 11.3 Å². The molecule has 1 saturated heterocycles. The van der Waals surface area contributed by atoms with Crippen LogP contribution in [0.5, 0.6) is 5.75 Å². The number of nitrogens with one attached hydrogen (secondary N) is 1. The Morgan fingerprint density at radius 2 is 2.00 bits per heavy atom. The summed E-state index contributed by atoms with van der Waals surface area (Å²) >= 11 is 3.40. The maximum Gasteiger partial charge on any atom is 0.329 e. The monoisotopic (exact) mass is 430 g/mol. The van der Waals surface area contributed by atoms with Crippen LogP contribution in [0.25, 0.3) is 6.08 Å². The van der Waals surface area contributed by atoms with Crippen LogP contribution in [0, 0.1) is 5.82 Å². The van der Waals surface area contributed by atoms with Crippen molar-refractivity contribution in [3.05, 3.63) is 82.2 Å². The third kappa shape index (κ3) is 4.25. The van der Waals surface area contributed by atoms with Crippen molar-refractivity contribution in [2.24, 2.45) is 0 Å². The maximum atomic E-state index is 13.8. The van der Waals surface area contributed by atoms with Gasteiger partial charge in [0.15, 0.2) is 0 Å². The Balaban J connectivity index is 1.79. The largest absolute Gasteiger partial charge is 0.488 e. The van der Waals surface area contributed by atoms with Crippen molar-refractivity contribution in [3.8, 4) is 5.75 Å². The number of ether oxygens (including phenoxy) is 1. The summed E-state index contributed by atoms with van der Waals surface area (Å²) in [7, 11) is 0. The number of carbonyl (C=O) groups excluding carboxylic acids is 2. The Hall–Kier alpha value is -2.93. The summed E-state index contributed by atoms with van der Waals surface area (Å²) in [6.45, 7) is 3.84. The molecule has 3 amide bonds. The van der Waals surface area contributed by atoms with Crippen molar-refractivity contribution >= 4 is 33.9 Å². The molecule has 138 valence electrons. The zero-order valence-corrected chi connectivity index (χ0v) is 15.8. The van der Waals surface area contributed by atoms with Gasteiger partial charge in [-0.2, -0.15) is 0 Å². The van der Waals surface area contributed by atoms with E-state index in [-0.39, 0.29) is 17.8 Å². The second-order valence-corrected chi connectivity index (χ2v) is 6.61. The molecule has 3 rings (SSSR count). The third-order valence-corrected chi connectivity index (χ3v) is 4.49. The molecule has 1 aliphatic rings. The van der Waals surface area contributed by atoms with Gasteiger partial charge in [0.05, 0.1) is 11.0 Å². The van der Waals surface area contributed by atoms with E-state index in [0.29, 0.717) is 22.4 Å². The van der Waals surface area contributed by atoms with Crippen molar-refractivity contribution in [3.63, 3.8) is 0 Å². The van der Waals surface area contributed by atoms with E-state index >= 15 is 0 Å². The van der Waals surface area contributed by atoms with Gasteiger partial charge in [0.25, 0.3) is 5.91 Å². The van der Waals surface area contributed by atoms with Gasteiger partial charge in [-0.05, 0) is 45.8 Å². The molecule has 0 bridgehead atoms. The Morgan fingerprint density at radius 3 is 2.70 bits per heavy atom. The number of nitrogens with zero attached hydrogens (tertiary/aromatic N) is 1. The normalized spacial score (nSPS) is 15.2. The highest BCUT2D eigenvalue weighted by molar-refractivity contribution is 9.10. The zero-order chi connectivity index (χ0) is 19.4. The lowest BCUT2D eigenvalue weighted by molar-refractivity contribution is -0.123. The summed E-state index contributed by atoms with van der Waals surface area (Å²) in [6, 6.07) is 10.7. The minimum Gasteiger partial charge on any atom is -0.488 e. The van der Waals surface area contributed by atoms with Gasteiger partial charge < -0.3 is 10.1 Å². The molecule has 1 aliphatic heterocycles. The lowest BCUT2D eigenvalue weighted by Crippen LogP contribution is -2.30. The van der Waals surface area contributed by atoms with Crippen LogP contribution >= 0.6 is 15.9 Å². The molecule has 0 unspecified atom stereocenters. The number of carbonyl (C=O) groups is 2. The van der Waals surface area contributed by atoms with Gasteiger partial charge >= 0.3 is 6.03 Å². The van der Waals surface area contributed by atoms with Crippen molar-refractivity contribution in [1.29, 1.82) is 0 Å². The number of hydrogen-bond acceptors (Lipinski definition) is 3. The number of imide groups is 1. The van der Waals surface area contributed by atoms with E-state index in [4.69, 9.17) is 4.74 Å². The maximum absolute atomic E-state index is 13.8. The van der Waals surface area contributed by atoms with E-state index in [9.17, 15) is 14.0 Å². The van der Waals surface area contributed by atoms with E-state index in [1.165, 1.54) is 12.1 Å². The van der Waals surface area contributed by atoms with E-state index < -0.39 is 17.8 Å². The average molecular weight is 431 g/mol. The lowest BCUT2D eigenvalue weighted by atomic mass is 10.1. The lowest BCUT2D eigenvalue weighted by Gasteiger charge is -2.12. The zero-order valence-electron chi connectivity index (χ0n) is 14.2. The fourth-order valence-electron chi connectivity index (χ4n) is 2.55. The van der Waals surface area contributed by atoms with Crippen LogP contribution in [0.3, 0.4) is 0 Å². The second kappa shape index (κ2) is 8.18. The molecule has 5 nitrogen and oxygen atoms in total. The third-order valence-electron chi connectivity index (χ3n) is 3.87. The summed E-state index contributed by atoms with van der Waals surface area (Å²) in [5.74, 6) is -0.332. The molecule has 2 aromatic rings. The number of hydrogen-bond donors (Lipinski definition) is 1. The first kappa shape index (κ1) is 18.8. The van der Waals surface area contributed by atoms with E-state index in [0.717, 1.165) is 4.90 Å². The molecule has 0 saturated carbocycles. The smallest absolute Gasteiger partial charge is 0.329 e. The highest BCUT2D eigenvalue weighted by Gasteiger charge is 2.33. The predicted molar refractivity (Wildman–Crippen MR) is 103 cm³/mol. The number of urea groups is 1. The molecule has 1 heterocycles. The van der Waals surface area contributed by atoms with Crippen molar-refractivity contribution in [2.45, 2.75) is 6.54 Å². The molecular weight excluding hydrogens is 415 g/mol. The van der Waals surface area contributed by atoms with Gasteiger partial charge in [0.1, 0.15) is 23.9 Å². The minimum absolute atomic E-state index is 0.128. The van der Waals surface area contributed by atoms with Gasteiger partial charge in [0.2, 0.25) is 0 Å². The molecule has 0 spiro atoms. The highest BCUT2D eigenvalue weighted by Crippen LogP contribution is 2.27. The van der Waals surface area contributed by atoms with Gasteiger partial charge in [-0.25, -0.2) is 9.18 Å². The number of rotatable bonds is 6. The molecule has 2 aromatic carbocycles. The Morgan fingerprint density at radius 1 is 1.22 bits per heavy atom. The van der Waals surface area contributed by atoms with Crippen molar-refractivity contribution in [1.82, 2.24) is 10.2 Å². The van der Waals surface area contributed by atoms with Crippen molar-refractivity contribution < 1.29 is 18.7 Å². The molecule has 0 aromatic heterocycles. The standard InChI is InChI=1S/C20H16BrFN2O3/c1-2-9-27-18-8-7-13(10-15(18)21)11-17-19(25)24(20(26)23-17)12-14-5-3-4-6-16(14)22/h2-8,10-11H,1,9,12H2,(H,23,26)/b17-11+. The quantitative estimate of drug-likeness (QED) is 0.423. The van der Waals surface area contributed by atoms with E-state index in [1.807, 2.05) is 0 Å². The van der Waals surface area contributed by atoms with E-state index in [2.05, 4.69) is 27.8 Å². The van der Waals surface area contributed by atoms with E-state index in [1.54, 1.807) is 42.5 Å². The molecular formula is C20H16BrFN2O3. The van der Waals surface area contributed by atoms with Crippen LogP contribution in [-0.4, -0.2) is 23.4 Å². The van der Waals surface area contributed by atoms with Crippen LogP contribution in [0.15, 0.2) is 65.3 Å². The summed E-state index contributed by atoms with van der Waals surface area (Å²) in [5, 5.41) is 2.53. The summed E-state index contributed by atoms with van der Waals surface area (Å²) in [4.78, 5) is 25.6. The molecule has 0 atom stereocenters. The molecule has 27 heavy (non-hydrogen) atoms. The first-order valence-electron chi connectivity index (χ1n) is 8.11. The summed E-state index contributed by atoms with van der Waals surface area (Å²) in [5.41, 5.74) is 1.10.